The normalized spacial score (nSPS) is 19.3. The summed E-state index contributed by atoms with van der Waals surface area (Å²) in [6.07, 6.45) is 5.04. The fourth-order valence-electron chi connectivity index (χ4n) is 4.47. The maximum absolute atomic E-state index is 12.6. The van der Waals surface area contributed by atoms with Crippen molar-refractivity contribution in [1.82, 2.24) is 15.5 Å². The number of benzene rings is 2. The lowest BCUT2D eigenvalue weighted by atomic mass is 9.83. The molecule has 1 saturated heterocycles. The van der Waals surface area contributed by atoms with Crippen LogP contribution in [0.25, 0.3) is 0 Å². The minimum atomic E-state index is -0.0375. The Morgan fingerprint density at radius 3 is 2.45 bits per heavy atom. The average molecular weight is 392 g/mol. The first kappa shape index (κ1) is 19.5. The first-order chi connectivity index (χ1) is 14.2. The first-order valence-electron chi connectivity index (χ1n) is 10.7. The van der Waals surface area contributed by atoms with E-state index in [4.69, 9.17) is 0 Å². The van der Waals surface area contributed by atoms with Crippen LogP contribution in [0, 0.1) is 0 Å². The van der Waals surface area contributed by atoms with Gasteiger partial charge in [0.15, 0.2) is 0 Å². The first-order valence-corrected chi connectivity index (χ1v) is 10.7. The standard InChI is InChI=1S/C24H29N3O2/c28-23(19-8-2-1-3-9-19)26-21-13-15-27(16-14-21)24(29)25-17-20-11-6-10-18-7-4-5-12-22(18)20/h1-5,7-9,12,20-21H,6,10-11,13-17H2,(H,25,29)(H,26,28). The number of urea groups is 1. The number of hydrogen-bond donors (Lipinski definition) is 2. The second kappa shape index (κ2) is 9.12. The number of nitrogens with zero attached hydrogens (tertiary/aromatic N) is 1. The molecule has 2 aromatic rings. The van der Waals surface area contributed by atoms with Crippen molar-refractivity contribution >= 4 is 11.9 Å². The fraction of sp³-hybridized carbons (Fsp3) is 0.417. The third-order valence-corrected chi connectivity index (χ3v) is 6.15. The van der Waals surface area contributed by atoms with E-state index in [-0.39, 0.29) is 18.0 Å². The highest BCUT2D eigenvalue weighted by Crippen LogP contribution is 2.30. The third kappa shape index (κ3) is 4.78. The molecule has 1 unspecified atom stereocenters. The number of nitrogens with one attached hydrogen (secondary N) is 2. The van der Waals surface area contributed by atoms with Gasteiger partial charge in [0.1, 0.15) is 0 Å². The highest BCUT2D eigenvalue weighted by molar-refractivity contribution is 5.94. The number of likely N-dealkylation sites (tertiary alicyclic amines) is 1. The molecule has 2 aliphatic rings. The number of amides is 3. The van der Waals surface area contributed by atoms with Crippen LogP contribution in [0.3, 0.4) is 0 Å². The zero-order valence-corrected chi connectivity index (χ0v) is 16.8. The van der Waals surface area contributed by atoms with Crippen LogP contribution >= 0.6 is 0 Å². The largest absolute Gasteiger partial charge is 0.349 e. The van der Waals surface area contributed by atoms with Crippen molar-refractivity contribution in [2.75, 3.05) is 19.6 Å². The highest BCUT2D eigenvalue weighted by Gasteiger charge is 2.25. The summed E-state index contributed by atoms with van der Waals surface area (Å²) in [7, 11) is 0. The lowest BCUT2D eigenvalue weighted by Crippen LogP contribution is -2.50. The number of carbonyl (C=O) groups excluding carboxylic acids is 2. The van der Waals surface area contributed by atoms with Gasteiger partial charge in [0.2, 0.25) is 0 Å². The van der Waals surface area contributed by atoms with Crippen molar-refractivity contribution in [3.05, 3.63) is 71.3 Å². The summed E-state index contributed by atoms with van der Waals surface area (Å²) in [5.41, 5.74) is 3.50. The van der Waals surface area contributed by atoms with Crippen molar-refractivity contribution in [3.8, 4) is 0 Å². The van der Waals surface area contributed by atoms with Crippen LogP contribution in [-0.2, 0) is 6.42 Å². The molecule has 4 rings (SSSR count). The average Bonchev–Trinajstić information content (AvgIpc) is 2.78. The monoisotopic (exact) mass is 391 g/mol. The van der Waals surface area contributed by atoms with Crippen molar-refractivity contribution in [2.24, 2.45) is 0 Å². The van der Waals surface area contributed by atoms with Crippen LogP contribution in [0.4, 0.5) is 4.79 Å². The zero-order valence-electron chi connectivity index (χ0n) is 16.8. The quantitative estimate of drug-likeness (QED) is 0.835. The molecule has 3 amide bonds. The molecule has 29 heavy (non-hydrogen) atoms. The van der Waals surface area contributed by atoms with E-state index in [1.54, 1.807) is 0 Å². The molecule has 1 heterocycles. The third-order valence-electron chi connectivity index (χ3n) is 6.15. The number of rotatable bonds is 4. The Kier molecular flexibility index (Phi) is 6.13. The van der Waals surface area contributed by atoms with E-state index in [1.807, 2.05) is 35.2 Å². The fourth-order valence-corrected chi connectivity index (χ4v) is 4.47. The molecule has 0 spiro atoms. The molecule has 0 aromatic heterocycles. The summed E-state index contributed by atoms with van der Waals surface area (Å²) in [6, 6.07) is 18.0. The molecule has 5 heteroatoms. The van der Waals surface area contributed by atoms with Crippen LogP contribution in [0.2, 0.25) is 0 Å². The summed E-state index contributed by atoms with van der Waals surface area (Å²) in [6.45, 7) is 2.04. The number of fused-ring (bicyclic) bond motifs is 1. The zero-order chi connectivity index (χ0) is 20.1. The second-order valence-electron chi connectivity index (χ2n) is 8.07. The molecule has 1 fully saturated rings. The van der Waals surface area contributed by atoms with Crippen molar-refractivity contribution < 1.29 is 9.59 Å². The summed E-state index contributed by atoms with van der Waals surface area (Å²) < 4.78 is 0. The summed E-state index contributed by atoms with van der Waals surface area (Å²) in [5, 5.41) is 6.24. The summed E-state index contributed by atoms with van der Waals surface area (Å²) in [5.74, 6) is 0.371. The van der Waals surface area contributed by atoms with Crippen molar-refractivity contribution in [2.45, 2.75) is 44.1 Å². The van der Waals surface area contributed by atoms with E-state index >= 15 is 0 Å². The van der Waals surface area contributed by atoms with Gasteiger partial charge in [0.05, 0.1) is 0 Å². The molecule has 0 radical (unpaired) electrons. The lowest BCUT2D eigenvalue weighted by molar-refractivity contribution is 0.0918. The molecule has 1 aliphatic carbocycles. The van der Waals surface area contributed by atoms with Gasteiger partial charge in [-0.1, -0.05) is 42.5 Å². The molecular weight excluding hydrogens is 362 g/mol. The molecule has 2 N–H and O–H groups in total. The van der Waals surface area contributed by atoms with Crippen LogP contribution in [0.5, 0.6) is 0 Å². The number of carbonyl (C=O) groups is 2. The van der Waals surface area contributed by atoms with Gasteiger partial charge < -0.3 is 15.5 Å². The van der Waals surface area contributed by atoms with E-state index in [2.05, 4.69) is 34.9 Å². The smallest absolute Gasteiger partial charge is 0.317 e. The maximum Gasteiger partial charge on any atom is 0.317 e. The van der Waals surface area contributed by atoms with Crippen LogP contribution < -0.4 is 10.6 Å². The van der Waals surface area contributed by atoms with Crippen LogP contribution in [0.1, 0.15) is 53.1 Å². The van der Waals surface area contributed by atoms with Crippen molar-refractivity contribution in [1.29, 1.82) is 0 Å². The van der Waals surface area contributed by atoms with Crippen LogP contribution in [0.15, 0.2) is 54.6 Å². The number of aryl methyl sites for hydroxylation is 1. The molecule has 152 valence electrons. The maximum atomic E-state index is 12.6. The van der Waals surface area contributed by atoms with Gasteiger partial charge in [0, 0.05) is 37.2 Å². The Bertz CT molecular complexity index is 844. The van der Waals surface area contributed by atoms with Gasteiger partial charge in [-0.2, -0.15) is 0 Å². The van der Waals surface area contributed by atoms with Crippen LogP contribution in [-0.4, -0.2) is 42.5 Å². The Labute approximate surface area is 172 Å². The molecule has 0 saturated carbocycles. The molecule has 2 aromatic carbocycles. The predicted molar refractivity (Wildman–Crippen MR) is 114 cm³/mol. The minimum absolute atomic E-state index is 0.0147. The SMILES string of the molecule is O=C(NC1CCN(C(=O)NCC2CCCc3ccccc32)CC1)c1ccccc1. The van der Waals surface area contributed by atoms with E-state index < -0.39 is 0 Å². The van der Waals surface area contributed by atoms with E-state index in [0.29, 0.717) is 31.1 Å². The van der Waals surface area contributed by atoms with E-state index in [0.717, 1.165) is 25.7 Å². The Morgan fingerprint density at radius 1 is 0.931 bits per heavy atom. The highest BCUT2D eigenvalue weighted by atomic mass is 16.2. The van der Waals surface area contributed by atoms with Gasteiger partial charge in [-0.3, -0.25) is 4.79 Å². The van der Waals surface area contributed by atoms with Gasteiger partial charge >= 0.3 is 6.03 Å². The van der Waals surface area contributed by atoms with Gasteiger partial charge in [-0.25, -0.2) is 4.79 Å². The van der Waals surface area contributed by atoms with Gasteiger partial charge in [0.25, 0.3) is 5.91 Å². The van der Waals surface area contributed by atoms with E-state index in [9.17, 15) is 9.59 Å². The second-order valence-corrected chi connectivity index (χ2v) is 8.07. The minimum Gasteiger partial charge on any atom is -0.349 e. The summed E-state index contributed by atoms with van der Waals surface area (Å²) >= 11 is 0. The Hall–Kier alpha value is -2.82. The molecule has 1 aliphatic heterocycles. The number of piperidine rings is 1. The van der Waals surface area contributed by atoms with Gasteiger partial charge in [-0.05, 0) is 55.4 Å². The van der Waals surface area contributed by atoms with E-state index in [1.165, 1.54) is 17.5 Å². The molecule has 5 nitrogen and oxygen atoms in total. The molecule has 1 atom stereocenters. The summed E-state index contributed by atoms with van der Waals surface area (Å²) in [4.78, 5) is 26.8. The Morgan fingerprint density at radius 2 is 1.66 bits per heavy atom. The topological polar surface area (TPSA) is 61.4 Å². The molecular formula is C24H29N3O2. The predicted octanol–water partition coefficient (Wildman–Crippen LogP) is 3.71. The lowest BCUT2D eigenvalue weighted by Gasteiger charge is -2.33. The number of hydrogen-bond acceptors (Lipinski definition) is 2. The van der Waals surface area contributed by atoms with Gasteiger partial charge in [-0.15, -0.1) is 0 Å². The molecule has 0 bridgehead atoms. The van der Waals surface area contributed by atoms with Crippen molar-refractivity contribution in [3.63, 3.8) is 0 Å². The Balaban J connectivity index is 1.23.